The van der Waals surface area contributed by atoms with Crippen molar-refractivity contribution in [3.8, 4) is 0 Å². The highest BCUT2D eigenvalue weighted by molar-refractivity contribution is 5.47. The molecule has 1 atom stereocenters. The SMILES string of the molecule is CCC(C)c1ccc(NCc2cc(C)c(C)cc2C)cc1. The molecule has 0 saturated carbocycles. The fourth-order valence-corrected chi connectivity index (χ4v) is 2.57. The Morgan fingerprint density at radius 2 is 1.52 bits per heavy atom. The van der Waals surface area contributed by atoms with E-state index in [1.54, 1.807) is 0 Å². The monoisotopic (exact) mass is 281 g/mol. The van der Waals surface area contributed by atoms with Gasteiger partial charge in [-0.25, -0.2) is 0 Å². The fraction of sp³-hybridized carbons (Fsp3) is 0.400. The second kappa shape index (κ2) is 6.80. The van der Waals surface area contributed by atoms with Crippen molar-refractivity contribution in [2.24, 2.45) is 0 Å². The third-order valence-electron chi connectivity index (χ3n) is 4.53. The standard InChI is InChI=1S/C20H27N/c1-6-14(2)18-7-9-20(10-8-18)21-13-19-12-16(4)15(3)11-17(19)5/h7-12,14,21H,6,13H2,1-5H3. The number of nitrogens with one attached hydrogen (secondary N) is 1. The van der Waals surface area contributed by atoms with Crippen molar-refractivity contribution < 1.29 is 0 Å². The number of hydrogen-bond acceptors (Lipinski definition) is 1. The van der Waals surface area contributed by atoms with Gasteiger partial charge in [-0.15, -0.1) is 0 Å². The minimum absolute atomic E-state index is 0.640. The van der Waals surface area contributed by atoms with Crippen LogP contribution < -0.4 is 5.32 Å². The molecule has 1 heteroatoms. The van der Waals surface area contributed by atoms with Gasteiger partial charge in [-0.1, -0.05) is 38.1 Å². The summed E-state index contributed by atoms with van der Waals surface area (Å²) in [5.41, 5.74) is 8.09. The zero-order chi connectivity index (χ0) is 15.4. The predicted octanol–water partition coefficient (Wildman–Crippen LogP) is 5.74. The van der Waals surface area contributed by atoms with Gasteiger partial charge in [-0.2, -0.15) is 0 Å². The van der Waals surface area contributed by atoms with Crippen LogP contribution in [0.4, 0.5) is 5.69 Å². The van der Waals surface area contributed by atoms with Crippen molar-refractivity contribution in [1.29, 1.82) is 0 Å². The van der Waals surface area contributed by atoms with E-state index < -0.39 is 0 Å². The number of benzene rings is 2. The first-order valence-electron chi connectivity index (χ1n) is 7.91. The van der Waals surface area contributed by atoms with Gasteiger partial charge in [-0.05, 0) is 73.1 Å². The Morgan fingerprint density at radius 1 is 0.905 bits per heavy atom. The number of anilines is 1. The summed E-state index contributed by atoms with van der Waals surface area (Å²) in [5, 5.41) is 3.53. The van der Waals surface area contributed by atoms with E-state index in [0.717, 1.165) is 6.54 Å². The summed E-state index contributed by atoms with van der Waals surface area (Å²) >= 11 is 0. The van der Waals surface area contributed by atoms with Crippen molar-refractivity contribution in [2.75, 3.05) is 5.32 Å². The van der Waals surface area contributed by atoms with Crippen molar-refractivity contribution in [1.82, 2.24) is 0 Å². The highest BCUT2D eigenvalue weighted by atomic mass is 14.9. The van der Waals surface area contributed by atoms with E-state index in [-0.39, 0.29) is 0 Å². The van der Waals surface area contributed by atoms with Gasteiger partial charge in [0.05, 0.1) is 0 Å². The summed E-state index contributed by atoms with van der Waals surface area (Å²) in [6.45, 7) is 11.9. The fourth-order valence-electron chi connectivity index (χ4n) is 2.57. The average molecular weight is 281 g/mol. The molecule has 0 aromatic heterocycles. The molecule has 2 aromatic rings. The van der Waals surface area contributed by atoms with Gasteiger partial charge in [0.1, 0.15) is 0 Å². The first kappa shape index (κ1) is 15.6. The lowest BCUT2D eigenvalue weighted by Gasteiger charge is -2.13. The van der Waals surface area contributed by atoms with Crippen molar-refractivity contribution in [3.05, 3.63) is 64.2 Å². The van der Waals surface area contributed by atoms with Crippen LogP contribution in [0, 0.1) is 20.8 Å². The quantitative estimate of drug-likeness (QED) is 0.737. The van der Waals surface area contributed by atoms with Crippen molar-refractivity contribution in [2.45, 2.75) is 53.5 Å². The van der Waals surface area contributed by atoms with Crippen LogP contribution in [0.25, 0.3) is 0 Å². The molecule has 0 fully saturated rings. The summed E-state index contributed by atoms with van der Waals surface area (Å²) in [7, 11) is 0. The van der Waals surface area contributed by atoms with E-state index in [9.17, 15) is 0 Å². The lowest BCUT2D eigenvalue weighted by Crippen LogP contribution is -2.03. The smallest absolute Gasteiger partial charge is 0.0403 e. The lowest BCUT2D eigenvalue weighted by molar-refractivity contribution is 0.734. The highest BCUT2D eigenvalue weighted by Gasteiger charge is 2.04. The van der Waals surface area contributed by atoms with E-state index in [0.29, 0.717) is 5.92 Å². The Morgan fingerprint density at radius 3 is 2.14 bits per heavy atom. The molecule has 1 unspecified atom stereocenters. The number of aryl methyl sites for hydroxylation is 3. The van der Waals surface area contributed by atoms with E-state index in [1.165, 1.54) is 39.9 Å². The molecular formula is C20H27N. The molecule has 0 heterocycles. The van der Waals surface area contributed by atoms with E-state index in [2.05, 4.69) is 76.3 Å². The molecule has 0 spiro atoms. The molecule has 0 amide bonds. The number of hydrogen-bond donors (Lipinski definition) is 1. The number of rotatable bonds is 5. The molecule has 112 valence electrons. The largest absolute Gasteiger partial charge is 0.381 e. The summed E-state index contributed by atoms with van der Waals surface area (Å²) in [6, 6.07) is 13.4. The van der Waals surface area contributed by atoms with Crippen LogP contribution in [0.3, 0.4) is 0 Å². The van der Waals surface area contributed by atoms with Gasteiger partial charge in [-0.3, -0.25) is 0 Å². The first-order chi connectivity index (χ1) is 10.0. The first-order valence-corrected chi connectivity index (χ1v) is 7.91. The van der Waals surface area contributed by atoms with Crippen LogP contribution >= 0.6 is 0 Å². The molecule has 2 rings (SSSR count). The summed E-state index contributed by atoms with van der Waals surface area (Å²) in [4.78, 5) is 0. The van der Waals surface area contributed by atoms with E-state index in [1.807, 2.05) is 0 Å². The highest BCUT2D eigenvalue weighted by Crippen LogP contribution is 2.21. The molecule has 1 nitrogen and oxygen atoms in total. The third kappa shape index (κ3) is 3.87. The second-order valence-electron chi connectivity index (χ2n) is 6.15. The average Bonchev–Trinajstić information content (AvgIpc) is 2.49. The molecule has 0 saturated heterocycles. The van der Waals surface area contributed by atoms with Crippen LogP contribution in [-0.4, -0.2) is 0 Å². The Hall–Kier alpha value is -1.76. The molecule has 0 radical (unpaired) electrons. The van der Waals surface area contributed by atoms with Crippen LogP contribution in [-0.2, 0) is 6.54 Å². The Balaban J connectivity index is 2.05. The van der Waals surface area contributed by atoms with Crippen molar-refractivity contribution >= 4 is 5.69 Å². The predicted molar refractivity (Wildman–Crippen MR) is 93.1 cm³/mol. The Kier molecular flexibility index (Phi) is 5.06. The lowest BCUT2D eigenvalue weighted by atomic mass is 9.98. The summed E-state index contributed by atoms with van der Waals surface area (Å²) in [6.07, 6.45) is 1.19. The Bertz CT molecular complexity index is 596. The molecular weight excluding hydrogens is 254 g/mol. The maximum atomic E-state index is 3.53. The second-order valence-corrected chi connectivity index (χ2v) is 6.15. The minimum Gasteiger partial charge on any atom is -0.381 e. The van der Waals surface area contributed by atoms with Gasteiger partial charge in [0, 0.05) is 12.2 Å². The van der Waals surface area contributed by atoms with Crippen LogP contribution in [0.1, 0.15) is 54.0 Å². The molecule has 2 aromatic carbocycles. The zero-order valence-corrected chi connectivity index (χ0v) is 14.0. The summed E-state index contributed by atoms with van der Waals surface area (Å²) < 4.78 is 0. The molecule has 0 aliphatic carbocycles. The van der Waals surface area contributed by atoms with Gasteiger partial charge in [0.2, 0.25) is 0 Å². The molecule has 0 aliphatic rings. The Labute approximate surface area is 129 Å². The normalized spacial score (nSPS) is 12.2. The van der Waals surface area contributed by atoms with Crippen molar-refractivity contribution in [3.63, 3.8) is 0 Å². The maximum absolute atomic E-state index is 3.53. The van der Waals surface area contributed by atoms with Gasteiger partial charge in [0.15, 0.2) is 0 Å². The van der Waals surface area contributed by atoms with E-state index in [4.69, 9.17) is 0 Å². The molecule has 0 aliphatic heterocycles. The van der Waals surface area contributed by atoms with Crippen LogP contribution in [0.15, 0.2) is 36.4 Å². The van der Waals surface area contributed by atoms with Gasteiger partial charge < -0.3 is 5.32 Å². The van der Waals surface area contributed by atoms with Gasteiger partial charge in [0.25, 0.3) is 0 Å². The maximum Gasteiger partial charge on any atom is 0.0403 e. The summed E-state index contributed by atoms with van der Waals surface area (Å²) in [5.74, 6) is 0.640. The van der Waals surface area contributed by atoms with E-state index >= 15 is 0 Å². The molecule has 21 heavy (non-hydrogen) atoms. The third-order valence-corrected chi connectivity index (χ3v) is 4.53. The van der Waals surface area contributed by atoms with Crippen LogP contribution in [0.5, 0.6) is 0 Å². The van der Waals surface area contributed by atoms with Crippen LogP contribution in [0.2, 0.25) is 0 Å². The zero-order valence-electron chi connectivity index (χ0n) is 14.0. The molecule has 1 N–H and O–H groups in total. The molecule has 0 bridgehead atoms. The minimum atomic E-state index is 0.640. The topological polar surface area (TPSA) is 12.0 Å². The van der Waals surface area contributed by atoms with Gasteiger partial charge >= 0.3 is 0 Å².